The highest BCUT2D eigenvalue weighted by molar-refractivity contribution is 4.83. The van der Waals surface area contributed by atoms with Crippen molar-refractivity contribution < 1.29 is 5.11 Å². The van der Waals surface area contributed by atoms with Gasteiger partial charge in [-0.25, -0.2) is 0 Å². The number of aliphatic hydroxyl groups excluding tert-OH is 1. The van der Waals surface area contributed by atoms with Crippen molar-refractivity contribution >= 4 is 0 Å². The molecule has 1 nitrogen and oxygen atoms in total. The van der Waals surface area contributed by atoms with Crippen LogP contribution in [0.5, 0.6) is 0 Å². The van der Waals surface area contributed by atoms with Gasteiger partial charge >= 0.3 is 0 Å². The molecule has 11 heavy (non-hydrogen) atoms. The fourth-order valence-corrected chi connectivity index (χ4v) is 2.09. The zero-order valence-electron chi connectivity index (χ0n) is 7.88. The van der Waals surface area contributed by atoms with E-state index in [1.165, 1.54) is 12.8 Å². The lowest BCUT2D eigenvalue weighted by atomic mass is 9.72. The van der Waals surface area contributed by atoms with E-state index in [-0.39, 0.29) is 6.10 Å². The van der Waals surface area contributed by atoms with E-state index in [0.717, 1.165) is 18.3 Å². The van der Waals surface area contributed by atoms with Gasteiger partial charge in [-0.3, -0.25) is 0 Å². The fourth-order valence-electron chi connectivity index (χ4n) is 2.09. The van der Waals surface area contributed by atoms with Crippen LogP contribution >= 0.6 is 0 Å². The van der Waals surface area contributed by atoms with Crippen LogP contribution in [-0.4, -0.2) is 11.2 Å². The Hall–Kier alpha value is -0.0400. The minimum absolute atomic E-state index is 0.0174. The largest absolute Gasteiger partial charge is 0.393 e. The maximum absolute atomic E-state index is 9.39. The van der Waals surface area contributed by atoms with Crippen LogP contribution in [0.4, 0.5) is 0 Å². The van der Waals surface area contributed by atoms with Gasteiger partial charge in [0.15, 0.2) is 0 Å². The second-order valence-electron chi connectivity index (χ2n) is 4.42. The van der Waals surface area contributed by atoms with Gasteiger partial charge in [0, 0.05) is 0 Å². The molecule has 1 saturated carbocycles. The van der Waals surface area contributed by atoms with Crippen molar-refractivity contribution in [3.05, 3.63) is 0 Å². The summed E-state index contributed by atoms with van der Waals surface area (Å²) in [6.07, 6.45) is 3.56. The minimum atomic E-state index is 0.0174. The van der Waals surface area contributed by atoms with Crippen molar-refractivity contribution in [1.29, 1.82) is 0 Å². The van der Waals surface area contributed by atoms with Crippen LogP contribution in [0.15, 0.2) is 0 Å². The molecular formula is C10H20O. The van der Waals surface area contributed by atoms with E-state index in [1.807, 2.05) is 0 Å². The van der Waals surface area contributed by atoms with Gasteiger partial charge in [-0.2, -0.15) is 0 Å². The second-order valence-corrected chi connectivity index (χ2v) is 4.42. The summed E-state index contributed by atoms with van der Waals surface area (Å²) in [6.45, 7) is 6.77. The van der Waals surface area contributed by atoms with Crippen molar-refractivity contribution in [2.45, 2.75) is 46.1 Å². The Bertz CT molecular complexity index is 120. The molecule has 1 aliphatic rings. The van der Waals surface area contributed by atoms with Gasteiger partial charge in [0.05, 0.1) is 6.10 Å². The van der Waals surface area contributed by atoms with Crippen LogP contribution in [0.3, 0.4) is 0 Å². The molecule has 0 aromatic rings. The fraction of sp³-hybridized carbons (Fsp3) is 1.00. The Morgan fingerprint density at radius 1 is 1.27 bits per heavy atom. The number of aliphatic hydroxyl groups is 1. The lowest BCUT2D eigenvalue weighted by molar-refractivity contribution is -0.0102. The Morgan fingerprint density at radius 2 is 1.91 bits per heavy atom. The van der Waals surface area contributed by atoms with Gasteiger partial charge in [-0.1, -0.05) is 20.8 Å². The Kier molecular flexibility index (Phi) is 2.94. The molecule has 3 atom stereocenters. The highest BCUT2D eigenvalue weighted by Gasteiger charge is 2.33. The molecule has 0 aromatic carbocycles. The van der Waals surface area contributed by atoms with E-state index >= 15 is 0 Å². The third kappa shape index (κ3) is 2.19. The molecule has 3 unspecified atom stereocenters. The molecule has 1 heteroatoms. The number of rotatable bonds is 3. The number of hydrogen-bond donors (Lipinski definition) is 1. The van der Waals surface area contributed by atoms with Crippen LogP contribution in [0.25, 0.3) is 0 Å². The monoisotopic (exact) mass is 156 g/mol. The van der Waals surface area contributed by atoms with E-state index in [9.17, 15) is 5.11 Å². The zero-order chi connectivity index (χ0) is 8.43. The van der Waals surface area contributed by atoms with Crippen LogP contribution in [-0.2, 0) is 0 Å². The minimum Gasteiger partial charge on any atom is -0.393 e. The predicted octanol–water partition coefficient (Wildman–Crippen LogP) is 2.44. The summed E-state index contributed by atoms with van der Waals surface area (Å²) in [5.41, 5.74) is 0. The van der Waals surface area contributed by atoms with Crippen molar-refractivity contribution in [1.82, 2.24) is 0 Å². The first-order valence-electron chi connectivity index (χ1n) is 4.79. The summed E-state index contributed by atoms with van der Waals surface area (Å²) >= 11 is 0. The van der Waals surface area contributed by atoms with Crippen LogP contribution in [0.1, 0.15) is 40.0 Å². The first kappa shape index (κ1) is 9.05. The quantitative estimate of drug-likeness (QED) is 0.665. The van der Waals surface area contributed by atoms with Gasteiger partial charge in [-0.15, -0.1) is 0 Å². The van der Waals surface area contributed by atoms with Crippen molar-refractivity contribution in [3.63, 3.8) is 0 Å². The SMILES string of the molecule is CC(C)CC(C)C1CCC1O. The topological polar surface area (TPSA) is 20.2 Å². The molecule has 0 radical (unpaired) electrons. The third-order valence-electron chi connectivity index (χ3n) is 2.86. The summed E-state index contributed by atoms with van der Waals surface area (Å²) < 4.78 is 0. The van der Waals surface area contributed by atoms with E-state index in [4.69, 9.17) is 0 Å². The lowest BCUT2D eigenvalue weighted by Gasteiger charge is -2.37. The van der Waals surface area contributed by atoms with Gasteiger partial charge in [0.2, 0.25) is 0 Å². The average Bonchev–Trinajstić information content (AvgIpc) is 1.82. The first-order valence-corrected chi connectivity index (χ1v) is 4.79. The van der Waals surface area contributed by atoms with Crippen LogP contribution in [0, 0.1) is 17.8 Å². The second kappa shape index (κ2) is 3.57. The molecule has 1 N–H and O–H groups in total. The van der Waals surface area contributed by atoms with Gasteiger partial charge < -0.3 is 5.11 Å². The van der Waals surface area contributed by atoms with Crippen LogP contribution < -0.4 is 0 Å². The third-order valence-corrected chi connectivity index (χ3v) is 2.86. The molecule has 1 fully saturated rings. The molecule has 0 spiro atoms. The van der Waals surface area contributed by atoms with Gasteiger partial charge in [0.1, 0.15) is 0 Å². The number of hydrogen-bond acceptors (Lipinski definition) is 1. The van der Waals surface area contributed by atoms with Crippen LogP contribution in [0.2, 0.25) is 0 Å². The molecule has 0 aliphatic heterocycles. The maximum Gasteiger partial charge on any atom is 0.0571 e. The van der Waals surface area contributed by atoms with Gasteiger partial charge in [0.25, 0.3) is 0 Å². The predicted molar refractivity (Wildman–Crippen MR) is 47.3 cm³/mol. The van der Waals surface area contributed by atoms with E-state index in [2.05, 4.69) is 20.8 Å². The smallest absolute Gasteiger partial charge is 0.0571 e. The molecule has 1 rings (SSSR count). The molecule has 0 heterocycles. The molecule has 0 amide bonds. The molecule has 0 saturated heterocycles. The standard InChI is InChI=1S/C10H20O/c1-7(2)6-8(3)9-4-5-10(9)11/h7-11H,4-6H2,1-3H3. The summed E-state index contributed by atoms with van der Waals surface area (Å²) in [6, 6.07) is 0. The lowest BCUT2D eigenvalue weighted by Crippen LogP contribution is -2.36. The highest BCUT2D eigenvalue weighted by Crippen LogP contribution is 2.36. The summed E-state index contributed by atoms with van der Waals surface area (Å²) in [7, 11) is 0. The van der Waals surface area contributed by atoms with E-state index < -0.39 is 0 Å². The van der Waals surface area contributed by atoms with Crippen molar-refractivity contribution in [3.8, 4) is 0 Å². The molecule has 0 aromatic heterocycles. The summed E-state index contributed by atoms with van der Waals surface area (Å²) in [5, 5.41) is 9.39. The Morgan fingerprint density at radius 3 is 2.18 bits per heavy atom. The first-order chi connectivity index (χ1) is 5.11. The van der Waals surface area contributed by atoms with E-state index in [0.29, 0.717) is 5.92 Å². The average molecular weight is 156 g/mol. The normalized spacial score (nSPS) is 33.5. The van der Waals surface area contributed by atoms with E-state index in [1.54, 1.807) is 0 Å². The molecule has 0 bridgehead atoms. The molecular weight excluding hydrogens is 136 g/mol. The Balaban J connectivity index is 2.24. The van der Waals surface area contributed by atoms with Crippen molar-refractivity contribution in [2.75, 3.05) is 0 Å². The molecule has 66 valence electrons. The molecule has 1 aliphatic carbocycles. The summed E-state index contributed by atoms with van der Waals surface area (Å²) in [5.74, 6) is 2.11. The van der Waals surface area contributed by atoms with Gasteiger partial charge in [-0.05, 0) is 37.0 Å². The zero-order valence-corrected chi connectivity index (χ0v) is 7.88. The maximum atomic E-state index is 9.39. The van der Waals surface area contributed by atoms with Crippen molar-refractivity contribution in [2.24, 2.45) is 17.8 Å². The summed E-state index contributed by atoms with van der Waals surface area (Å²) in [4.78, 5) is 0. The Labute approximate surface area is 69.8 Å². The highest BCUT2D eigenvalue weighted by atomic mass is 16.3.